The zero-order valence-electron chi connectivity index (χ0n) is 19.4. The van der Waals surface area contributed by atoms with Gasteiger partial charge in [0.25, 0.3) is 0 Å². The number of anilines is 2. The van der Waals surface area contributed by atoms with E-state index in [-0.39, 0.29) is 5.97 Å². The van der Waals surface area contributed by atoms with Crippen LogP contribution in [0.5, 0.6) is 0 Å². The summed E-state index contributed by atoms with van der Waals surface area (Å²) in [4.78, 5) is 18.7. The molecule has 0 bridgehead atoms. The van der Waals surface area contributed by atoms with E-state index in [2.05, 4.69) is 39.1 Å². The molecule has 1 N–H and O–H groups in total. The number of nitrogens with one attached hydrogen (secondary N) is 1. The summed E-state index contributed by atoms with van der Waals surface area (Å²) in [6.45, 7) is 1.80. The van der Waals surface area contributed by atoms with E-state index < -0.39 is 0 Å². The average Bonchev–Trinajstić information content (AvgIpc) is 3.20. The van der Waals surface area contributed by atoms with Crippen LogP contribution in [-0.2, 0) is 29.7 Å². The number of imidazole rings is 1. The molecule has 4 aromatic rings. The minimum Gasteiger partial charge on any atom is -0.469 e. The second kappa shape index (κ2) is 10.5. The first-order chi connectivity index (χ1) is 16.6. The van der Waals surface area contributed by atoms with E-state index in [1.807, 2.05) is 49.5 Å². The number of ether oxygens (including phenoxy) is 1. The molecule has 1 heterocycles. The van der Waals surface area contributed by atoms with Gasteiger partial charge in [0.15, 0.2) is 0 Å². The van der Waals surface area contributed by atoms with Crippen LogP contribution in [0.2, 0.25) is 0 Å². The number of methoxy groups -OCH3 is 1. The van der Waals surface area contributed by atoms with Crippen LogP contribution >= 0.6 is 0 Å². The van der Waals surface area contributed by atoms with Crippen molar-refractivity contribution in [2.24, 2.45) is 7.05 Å². The number of nitrogens with zero attached hydrogens (tertiary/aromatic N) is 4. The van der Waals surface area contributed by atoms with Crippen LogP contribution in [0, 0.1) is 11.3 Å². The first kappa shape index (κ1) is 22.9. The lowest BCUT2D eigenvalue weighted by Gasteiger charge is -2.24. The van der Waals surface area contributed by atoms with E-state index in [0.717, 1.165) is 33.8 Å². The standard InChI is InChI=1S/C27H27N5O2/c1-31-25-13-10-21(19-32(15-14-27(33)34-2)23-6-4-3-5-7-23)16-24(25)30-26(31)18-29-22-11-8-20(17-28)9-12-22/h3-13,16,29H,14-15,18-19H2,1-2H3. The molecule has 0 saturated heterocycles. The molecule has 7 nitrogen and oxygen atoms in total. The van der Waals surface area contributed by atoms with E-state index in [1.165, 1.54) is 7.11 Å². The van der Waals surface area contributed by atoms with Crippen molar-refractivity contribution in [3.63, 3.8) is 0 Å². The molecule has 4 rings (SSSR count). The van der Waals surface area contributed by atoms with Gasteiger partial charge in [0.05, 0.1) is 42.7 Å². The van der Waals surface area contributed by atoms with Gasteiger partial charge in [-0.25, -0.2) is 4.98 Å². The number of carbonyl (C=O) groups excluding carboxylic acids is 1. The Morgan fingerprint density at radius 1 is 1.12 bits per heavy atom. The van der Waals surface area contributed by atoms with Crippen molar-refractivity contribution < 1.29 is 9.53 Å². The summed E-state index contributed by atoms with van der Waals surface area (Å²) < 4.78 is 6.91. The molecule has 0 amide bonds. The van der Waals surface area contributed by atoms with Crippen LogP contribution in [-0.4, -0.2) is 29.2 Å². The van der Waals surface area contributed by atoms with Gasteiger partial charge in [-0.3, -0.25) is 4.79 Å². The highest BCUT2D eigenvalue weighted by Crippen LogP contribution is 2.22. The van der Waals surface area contributed by atoms with Crippen LogP contribution in [0.4, 0.5) is 11.4 Å². The van der Waals surface area contributed by atoms with Crippen molar-refractivity contribution in [2.75, 3.05) is 23.9 Å². The lowest BCUT2D eigenvalue weighted by molar-refractivity contribution is -0.140. The highest BCUT2D eigenvalue weighted by molar-refractivity contribution is 5.77. The minimum atomic E-state index is -0.222. The van der Waals surface area contributed by atoms with E-state index in [4.69, 9.17) is 15.0 Å². The van der Waals surface area contributed by atoms with Crippen molar-refractivity contribution in [3.8, 4) is 6.07 Å². The smallest absolute Gasteiger partial charge is 0.307 e. The van der Waals surface area contributed by atoms with Gasteiger partial charge in [-0.2, -0.15) is 5.26 Å². The fraction of sp³-hybridized carbons (Fsp3) is 0.222. The summed E-state index contributed by atoms with van der Waals surface area (Å²) in [6.07, 6.45) is 0.322. The van der Waals surface area contributed by atoms with Crippen LogP contribution in [0.1, 0.15) is 23.4 Å². The number of rotatable bonds is 9. The minimum absolute atomic E-state index is 0.222. The molecule has 0 radical (unpaired) electrons. The van der Waals surface area contributed by atoms with Crippen molar-refractivity contribution in [1.29, 1.82) is 5.26 Å². The predicted molar refractivity (Wildman–Crippen MR) is 133 cm³/mol. The Bertz CT molecular complexity index is 1310. The SMILES string of the molecule is COC(=O)CCN(Cc1ccc2c(c1)nc(CNc1ccc(C#N)cc1)n2C)c1ccccc1. The van der Waals surface area contributed by atoms with Crippen molar-refractivity contribution in [3.05, 3.63) is 89.7 Å². The van der Waals surface area contributed by atoms with Gasteiger partial charge in [0.2, 0.25) is 0 Å². The molecule has 0 aliphatic rings. The largest absolute Gasteiger partial charge is 0.469 e. The van der Waals surface area contributed by atoms with Crippen molar-refractivity contribution >= 4 is 28.4 Å². The maximum atomic E-state index is 11.7. The Kier molecular flexibility index (Phi) is 7.09. The highest BCUT2D eigenvalue weighted by Gasteiger charge is 2.13. The Morgan fingerprint density at radius 3 is 2.59 bits per heavy atom. The quantitative estimate of drug-likeness (QED) is 0.372. The van der Waals surface area contributed by atoms with E-state index >= 15 is 0 Å². The van der Waals surface area contributed by atoms with Gasteiger partial charge in [0, 0.05) is 31.5 Å². The molecule has 0 aliphatic carbocycles. The van der Waals surface area contributed by atoms with Crippen LogP contribution in [0.25, 0.3) is 11.0 Å². The number of benzene rings is 3. The fourth-order valence-electron chi connectivity index (χ4n) is 3.88. The summed E-state index contributed by atoms with van der Waals surface area (Å²) in [7, 11) is 3.43. The van der Waals surface area contributed by atoms with Crippen molar-refractivity contribution in [2.45, 2.75) is 19.5 Å². The molecule has 3 aromatic carbocycles. The molecule has 1 aromatic heterocycles. The Morgan fingerprint density at radius 2 is 1.88 bits per heavy atom. The lowest BCUT2D eigenvalue weighted by atomic mass is 10.1. The summed E-state index contributed by atoms with van der Waals surface area (Å²) in [5.74, 6) is 0.697. The zero-order chi connectivity index (χ0) is 23.9. The van der Waals surface area contributed by atoms with E-state index in [0.29, 0.717) is 31.6 Å². The fourth-order valence-corrected chi connectivity index (χ4v) is 3.88. The maximum Gasteiger partial charge on any atom is 0.307 e. The first-order valence-electron chi connectivity index (χ1n) is 11.1. The van der Waals surface area contributed by atoms with Gasteiger partial charge < -0.3 is 19.5 Å². The molecule has 0 spiro atoms. The number of hydrogen-bond acceptors (Lipinski definition) is 6. The number of hydrogen-bond donors (Lipinski definition) is 1. The van der Waals surface area contributed by atoms with Gasteiger partial charge in [-0.15, -0.1) is 0 Å². The molecule has 0 unspecified atom stereocenters. The maximum absolute atomic E-state index is 11.7. The molecular weight excluding hydrogens is 426 g/mol. The van der Waals surface area contributed by atoms with Crippen LogP contribution in [0.15, 0.2) is 72.8 Å². The molecule has 0 saturated carbocycles. The third-order valence-electron chi connectivity index (χ3n) is 5.81. The molecule has 0 atom stereocenters. The Hall–Kier alpha value is -4.31. The third kappa shape index (κ3) is 5.36. The summed E-state index contributed by atoms with van der Waals surface area (Å²) in [5.41, 5.74) is 5.73. The number of nitriles is 1. The number of aromatic nitrogens is 2. The molecular formula is C27H27N5O2. The molecule has 0 aliphatic heterocycles. The first-order valence-corrected chi connectivity index (χ1v) is 11.1. The normalized spacial score (nSPS) is 10.6. The summed E-state index contributed by atoms with van der Waals surface area (Å²) >= 11 is 0. The van der Waals surface area contributed by atoms with Gasteiger partial charge in [0.1, 0.15) is 5.82 Å². The molecule has 7 heteroatoms. The van der Waals surface area contributed by atoms with Crippen LogP contribution in [0.3, 0.4) is 0 Å². The average molecular weight is 454 g/mol. The monoisotopic (exact) mass is 453 g/mol. The predicted octanol–water partition coefficient (Wildman–Crippen LogP) is 4.63. The van der Waals surface area contributed by atoms with Gasteiger partial charge in [-0.05, 0) is 54.1 Å². The number of para-hydroxylation sites is 1. The van der Waals surface area contributed by atoms with Crippen molar-refractivity contribution in [1.82, 2.24) is 9.55 Å². The van der Waals surface area contributed by atoms with Gasteiger partial charge in [-0.1, -0.05) is 24.3 Å². The lowest BCUT2D eigenvalue weighted by Crippen LogP contribution is -2.26. The number of fused-ring (bicyclic) bond motifs is 1. The summed E-state index contributed by atoms with van der Waals surface area (Å²) in [5, 5.41) is 12.3. The van der Waals surface area contributed by atoms with E-state index in [9.17, 15) is 4.79 Å². The third-order valence-corrected chi connectivity index (χ3v) is 5.81. The van der Waals surface area contributed by atoms with E-state index in [1.54, 1.807) is 12.1 Å². The van der Waals surface area contributed by atoms with Gasteiger partial charge >= 0.3 is 5.97 Å². The number of aryl methyl sites for hydroxylation is 1. The topological polar surface area (TPSA) is 83.2 Å². The summed E-state index contributed by atoms with van der Waals surface area (Å²) in [6, 6.07) is 25.9. The molecule has 34 heavy (non-hydrogen) atoms. The second-order valence-corrected chi connectivity index (χ2v) is 8.04. The number of carbonyl (C=O) groups is 1. The highest BCUT2D eigenvalue weighted by atomic mass is 16.5. The molecule has 0 fully saturated rings. The zero-order valence-corrected chi connectivity index (χ0v) is 19.4. The number of esters is 1. The molecule has 172 valence electrons. The second-order valence-electron chi connectivity index (χ2n) is 8.04. The van der Waals surface area contributed by atoms with Crippen LogP contribution < -0.4 is 10.2 Å². The Labute approximate surface area is 199 Å². The Balaban J connectivity index is 1.51.